The Bertz CT molecular complexity index is 649. The van der Waals surface area contributed by atoms with E-state index < -0.39 is 92.8 Å². The number of hydrogen-bond donors (Lipinski definition) is 9. The summed E-state index contributed by atoms with van der Waals surface area (Å²) in [4.78, 5) is 45.8. The van der Waals surface area contributed by atoms with Crippen molar-refractivity contribution < 1.29 is 54.2 Å². The van der Waals surface area contributed by atoms with Crippen LogP contribution in [-0.4, -0.2) is 118 Å². The summed E-state index contributed by atoms with van der Waals surface area (Å²) in [6.07, 6.45) is -5.69. The van der Waals surface area contributed by atoms with Gasteiger partial charge < -0.3 is 56.7 Å². The van der Waals surface area contributed by atoms with Crippen LogP contribution in [-0.2, 0) is 28.7 Å². The molecular formula is C16H28N4O11. The maximum Gasteiger partial charge on any atom is 0.322 e. The highest BCUT2D eigenvalue weighted by atomic mass is 16.7. The molecule has 0 saturated carbocycles. The number of nitrogens with one attached hydrogen (secondary N) is 3. The second kappa shape index (κ2) is 12.5. The number of aliphatic hydroxyl groups excluding tert-OH is 4. The molecule has 0 aromatic rings. The highest BCUT2D eigenvalue weighted by molar-refractivity contribution is 5.91. The molecule has 15 heteroatoms. The quantitative estimate of drug-likeness (QED) is 0.142. The Balaban J connectivity index is 2.70. The van der Waals surface area contributed by atoms with Gasteiger partial charge in [0.2, 0.25) is 17.7 Å². The zero-order valence-electron chi connectivity index (χ0n) is 16.6. The van der Waals surface area contributed by atoms with Crippen LogP contribution in [0.3, 0.4) is 0 Å². The van der Waals surface area contributed by atoms with Gasteiger partial charge in [0.1, 0.15) is 43.0 Å². The van der Waals surface area contributed by atoms with E-state index in [1.807, 2.05) is 5.32 Å². The van der Waals surface area contributed by atoms with Crippen molar-refractivity contribution in [3.8, 4) is 0 Å². The Kier molecular flexibility index (Phi) is 10.7. The number of carboxylic acids is 1. The van der Waals surface area contributed by atoms with E-state index in [-0.39, 0.29) is 0 Å². The maximum atomic E-state index is 12.2. The summed E-state index contributed by atoms with van der Waals surface area (Å²) in [6.45, 7) is -1.60. The summed E-state index contributed by atoms with van der Waals surface area (Å²) >= 11 is 0. The largest absolute Gasteiger partial charge is 0.480 e. The minimum Gasteiger partial charge on any atom is -0.480 e. The first-order valence-electron chi connectivity index (χ1n) is 9.19. The van der Waals surface area contributed by atoms with Crippen LogP contribution in [0.4, 0.5) is 0 Å². The van der Waals surface area contributed by atoms with Gasteiger partial charge in [0.25, 0.3) is 0 Å². The zero-order chi connectivity index (χ0) is 23.7. The van der Waals surface area contributed by atoms with Crippen molar-refractivity contribution in [2.24, 2.45) is 5.73 Å². The van der Waals surface area contributed by atoms with Crippen molar-refractivity contribution in [1.82, 2.24) is 16.0 Å². The molecule has 7 atom stereocenters. The molecule has 0 unspecified atom stereocenters. The van der Waals surface area contributed by atoms with Gasteiger partial charge >= 0.3 is 5.97 Å². The molecule has 15 nitrogen and oxygen atoms in total. The summed E-state index contributed by atoms with van der Waals surface area (Å²) < 4.78 is 10.7. The summed E-state index contributed by atoms with van der Waals surface area (Å²) in [5, 5.41) is 53.6. The molecule has 1 aliphatic heterocycles. The number of rotatable bonds is 11. The van der Waals surface area contributed by atoms with E-state index in [1.54, 1.807) is 0 Å². The van der Waals surface area contributed by atoms with E-state index >= 15 is 0 Å². The molecular weight excluding hydrogens is 424 g/mol. The van der Waals surface area contributed by atoms with Crippen LogP contribution in [0.15, 0.2) is 0 Å². The predicted octanol–water partition coefficient (Wildman–Crippen LogP) is -6.05. The van der Waals surface area contributed by atoms with E-state index in [1.165, 1.54) is 0 Å². The Morgan fingerprint density at radius 2 is 1.77 bits per heavy atom. The number of aliphatic carboxylic acids is 1. The van der Waals surface area contributed by atoms with Gasteiger partial charge in [-0.15, -0.1) is 0 Å². The van der Waals surface area contributed by atoms with Crippen molar-refractivity contribution in [2.45, 2.75) is 49.7 Å². The first kappa shape index (κ1) is 26.6. The molecule has 31 heavy (non-hydrogen) atoms. The molecule has 3 amide bonds. The minimum atomic E-state index is -1.55. The Morgan fingerprint density at radius 3 is 2.29 bits per heavy atom. The number of amides is 3. The average Bonchev–Trinajstić information content (AvgIpc) is 2.72. The van der Waals surface area contributed by atoms with Crippen LogP contribution in [0.5, 0.6) is 0 Å². The van der Waals surface area contributed by atoms with Crippen molar-refractivity contribution in [1.29, 1.82) is 0 Å². The number of hydrogen-bond acceptors (Lipinski definition) is 11. The highest BCUT2D eigenvalue weighted by Gasteiger charge is 2.45. The van der Waals surface area contributed by atoms with Crippen molar-refractivity contribution >= 4 is 23.7 Å². The summed E-state index contributed by atoms with van der Waals surface area (Å²) in [6, 6.07) is -4.11. The molecule has 0 radical (unpaired) electrons. The van der Waals surface area contributed by atoms with Crippen LogP contribution < -0.4 is 21.7 Å². The van der Waals surface area contributed by atoms with Gasteiger partial charge in [-0.05, 0) is 0 Å². The van der Waals surface area contributed by atoms with Gasteiger partial charge in [-0.25, -0.2) is 0 Å². The molecule has 1 aliphatic rings. The predicted molar refractivity (Wildman–Crippen MR) is 99.0 cm³/mol. The monoisotopic (exact) mass is 452 g/mol. The number of nitrogens with two attached hydrogens (primary N) is 1. The summed E-state index contributed by atoms with van der Waals surface area (Å²) in [5.74, 6) is -3.78. The summed E-state index contributed by atoms with van der Waals surface area (Å²) in [7, 11) is 0. The molecule has 10 N–H and O–H groups in total. The van der Waals surface area contributed by atoms with Gasteiger partial charge in [-0.2, -0.15) is 0 Å². The zero-order valence-corrected chi connectivity index (χ0v) is 16.6. The highest BCUT2D eigenvalue weighted by Crippen LogP contribution is 2.22. The lowest BCUT2D eigenvalue weighted by Gasteiger charge is -2.42. The van der Waals surface area contributed by atoms with Gasteiger partial charge in [0, 0.05) is 6.92 Å². The van der Waals surface area contributed by atoms with Gasteiger partial charge in [0.05, 0.1) is 19.8 Å². The molecule has 0 spiro atoms. The minimum absolute atomic E-state index is 0.539. The normalized spacial score (nSPS) is 27.6. The van der Waals surface area contributed by atoms with Crippen LogP contribution in [0.1, 0.15) is 6.92 Å². The molecule has 1 fully saturated rings. The molecule has 0 bridgehead atoms. The smallest absolute Gasteiger partial charge is 0.322 e. The second-order valence-electron chi connectivity index (χ2n) is 6.73. The Labute approximate surface area is 176 Å². The Hall–Kier alpha value is -2.40. The third-order valence-corrected chi connectivity index (χ3v) is 4.26. The SMILES string of the molecule is CC(=O)N[C@H]1[C@@H](OC[C@H](N)C(=O)N[C@@H](CO)C(=O)NCC(=O)O)O[C@H](CO)[C@H](O)[C@@H]1O. The number of carbonyl (C=O) groups excluding carboxylic acids is 3. The molecule has 178 valence electrons. The fourth-order valence-electron chi connectivity index (χ4n) is 2.65. The van der Waals surface area contributed by atoms with Crippen LogP contribution in [0.2, 0.25) is 0 Å². The second-order valence-corrected chi connectivity index (χ2v) is 6.73. The molecule has 1 saturated heterocycles. The van der Waals surface area contributed by atoms with Crippen LogP contribution in [0.25, 0.3) is 0 Å². The van der Waals surface area contributed by atoms with Crippen molar-refractivity contribution in [3.05, 3.63) is 0 Å². The fraction of sp³-hybridized carbons (Fsp3) is 0.750. The van der Waals surface area contributed by atoms with E-state index in [9.17, 15) is 39.6 Å². The third-order valence-electron chi connectivity index (χ3n) is 4.26. The lowest BCUT2D eigenvalue weighted by Crippen LogP contribution is -2.65. The topological polar surface area (TPSA) is 250 Å². The van der Waals surface area contributed by atoms with E-state index in [0.717, 1.165) is 6.92 Å². The number of ether oxygens (including phenoxy) is 2. The summed E-state index contributed by atoms with van der Waals surface area (Å²) in [5.41, 5.74) is 5.69. The van der Waals surface area contributed by atoms with E-state index in [2.05, 4.69) is 10.6 Å². The first-order valence-corrected chi connectivity index (χ1v) is 9.19. The third kappa shape index (κ3) is 7.98. The number of carboxylic acid groups (broad SMARTS) is 1. The fourth-order valence-corrected chi connectivity index (χ4v) is 2.65. The van der Waals surface area contributed by atoms with Gasteiger partial charge in [-0.3, -0.25) is 19.2 Å². The average molecular weight is 452 g/mol. The van der Waals surface area contributed by atoms with Gasteiger partial charge in [0.15, 0.2) is 6.29 Å². The van der Waals surface area contributed by atoms with Crippen LogP contribution in [0, 0.1) is 0 Å². The first-order chi connectivity index (χ1) is 14.5. The Morgan fingerprint density at radius 1 is 1.13 bits per heavy atom. The van der Waals surface area contributed by atoms with Crippen molar-refractivity contribution in [2.75, 3.05) is 26.4 Å². The van der Waals surface area contributed by atoms with Gasteiger partial charge in [-0.1, -0.05) is 0 Å². The molecule has 0 aromatic heterocycles. The molecule has 1 heterocycles. The lowest BCUT2D eigenvalue weighted by atomic mass is 9.97. The van der Waals surface area contributed by atoms with E-state index in [4.69, 9.17) is 20.3 Å². The standard InChI is InChI=1S/C16H28N4O11/c1-6(23)19-11-13(27)12(26)9(4-22)31-16(11)30-5-7(17)14(28)20-8(3-21)15(29)18-2-10(24)25/h7-9,11-13,16,21-22,26-27H,2-5,17H2,1H3,(H,18,29)(H,19,23)(H,20,28)(H,24,25)/t7-,8-,9+,11+,12-,13+,16-/m0/s1. The number of carbonyl (C=O) groups is 4. The molecule has 0 aliphatic carbocycles. The molecule has 0 aromatic carbocycles. The lowest BCUT2D eigenvalue weighted by molar-refractivity contribution is -0.270. The van der Waals surface area contributed by atoms with Crippen LogP contribution >= 0.6 is 0 Å². The maximum absolute atomic E-state index is 12.2. The van der Waals surface area contributed by atoms with E-state index in [0.29, 0.717) is 0 Å². The molecule has 1 rings (SSSR count). The van der Waals surface area contributed by atoms with Crippen molar-refractivity contribution in [3.63, 3.8) is 0 Å². The number of aliphatic hydroxyl groups is 4.